The lowest BCUT2D eigenvalue weighted by Crippen LogP contribution is -2.16. The summed E-state index contributed by atoms with van der Waals surface area (Å²) in [6.07, 6.45) is 0. The Labute approximate surface area is 151 Å². The van der Waals surface area contributed by atoms with Crippen LogP contribution in [0.2, 0.25) is 5.02 Å². The molecule has 3 rings (SSSR count). The predicted octanol–water partition coefficient (Wildman–Crippen LogP) is 4.74. The summed E-state index contributed by atoms with van der Waals surface area (Å²) in [6, 6.07) is 16.5. The summed E-state index contributed by atoms with van der Waals surface area (Å²) in [4.78, 5) is 21.2. The van der Waals surface area contributed by atoms with E-state index >= 15 is 0 Å². The molecule has 5 nitrogen and oxygen atoms in total. The van der Waals surface area contributed by atoms with Crippen molar-refractivity contribution in [1.29, 1.82) is 0 Å². The molecule has 126 valence electrons. The Morgan fingerprint density at radius 2 is 1.64 bits per heavy atom. The Hall–Kier alpha value is -2.92. The van der Waals surface area contributed by atoms with Gasteiger partial charge in [-0.25, -0.2) is 9.97 Å². The highest BCUT2D eigenvalue weighted by Gasteiger charge is 2.12. The number of rotatable bonds is 4. The molecule has 1 aromatic heterocycles. The number of aromatic nitrogens is 2. The molecule has 0 aliphatic carbocycles. The lowest BCUT2D eigenvalue weighted by atomic mass is 10.2. The molecule has 2 N–H and O–H groups in total. The summed E-state index contributed by atoms with van der Waals surface area (Å²) in [5, 5.41) is 6.48. The Balaban J connectivity index is 1.85. The predicted molar refractivity (Wildman–Crippen MR) is 101 cm³/mol. The Kier molecular flexibility index (Phi) is 4.95. The second kappa shape index (κ2) is 7.32. The van der Waals surface area contributed by atoms with Crippen molar-refractivity contribution < 1.29 is 4.79 Å². The lowest BCUT2D eigenvalue weighted by molar-refractivity contribution is 0.102. The normalized spacial score (nSPS) is 10.4. The molecule has 0 saturated carbocycles. The Bertz CT molecular complexity index is 927. The molecule has 1 heterocycles. The molecule has 0 radical (unpaired) electrons. The quantitative estimate of drug-likeness (QED) is 0.711. The fourth-order valence-electron chi connectivity index (χ4n) is 2.32. The van der Waals surface area contributed by atoms with Crippen molar-refractivity contribution >= 4 is 34.8 Å². The van der Waals surface area contributed by atoms with Crippen LogP contribution in [0, 0.1) is 13.8 Å². The second-order valence-electron chi connectivity index (χ2n) is 5.59. The van der Waals surface area contributed by atoms with Crippen molar-refractivity contribution in [2.24, 2.45) is 0 Å². The zero-order valence-electron chi connectivity index (χ0n) is 13.9. The first-order valence-electron chi connectivity index (χ1n) is 7.77. The summed E-state index contributed by atoms with van der Waals surface area (Å²) in [7, 11) is 0. The van der Waals surface area contributed by atoms with E-state index < -0.39 is 0 Å². The van der Waals surface area contributed by atoms with E-state index in [1.807, 2.05) is 56.3 Å². The van der Waals surface area contributed by atoms with Crippen LogP contribution >= 0.6 is 11.6 Å². The minimum Gasteiger partial charge on any atom is -0.323 e. The first-order valence-corrected chi connectivity index (χ1v) is 8.15. The molecule has 1 amide bonds. The number of nitrogens with zero attached hydrogens (tertiary/aromatic N) is 2. The minimum atomic E-state index is -0.290. The van der Waals surface area contributed by atoms with Crippen LogP contribution < -0.4 is 10.6 Å². The summed E-state index contributed by atoms with van der Waals surface area (Å²) in [6.45, 7) is 3.75. The van der Waals surface area contributed by atoms with Crippen molar-refractivity contribution in [3.8, 4) is 0 Å². The van der Waals surface area contributed by atoms with E-state index in [-0.39, 0.29) is 11.6 Å². The number of halogens is 1. The number of carbonyl (C=O) groups excluding carboxylic acids is 1. The summed E-state index contributed by atoms with van der Waals surface area (Å²) < 4.78 is 0. The van der Waals surface area contributed by atoms with Crippen molar-refractivity contribution in [1.82, 2.24) is 9.97 Å². The van der Waals surface area contributed by atoms with Gasteiger partial charge >= 0.3 is 0 Å². The maximum absolute atomic E-state index is 12.5. The van der Waals surface area contributed by atoms with Crippen LogP contribution in [0.4, 0.5) is 17.3 Å². The van der Waals surface area contributed by atoms with Crippen LogP contribution in [-0.2, 0) is 0 Å². The van der Waals surface area contributed by atoms with Gasteiger partial charge in [-0.05, 0) is 43.7 Å². The number of hydrogen-bond acceptors (Lipinski definition) is 4. The average Bonchev–Trinajstić information content (AvgIpc) is 2.58. The van der Waals surface area contributed by atoms with Gasteiger partial charge in [-0.2, -0.15) is 0 Å². The SMILES string of the molecule is Cc1cc(C(=O)Nc2ccccc2C)nc(Nc2ccccc2Cl)n1. The molecule has 0 bridgehead atoms. The van der Waals surface area contributed by atoms with E-state index in [9.17, 15) is 4.79 Å². The summed E-state index contributed by atoms with van der Waals surface area (Å²) in [5.74, 6) is 0.0324. The maximum atomic E-state index is 12.5. The number of carbonyl (C=O) groups is 1. The Morgan fingerprint density at radius 3 is 2.36 bits per heavy atom. The zero-order valence-corrected chi connectivity index (χ0v) is 14.6. The molecule has 0 spiro atoms. The van der Waals surface area contributed by atoms with Crippen LogP contribution in [0.3, 0.4) is 0 Å². The van der Waals surface area contributed by atoms with E-state index in [0.717, 1.165) is 11.3 Å². The van der Waals surface area contributed by atoms with Crippen LogP contribution in [0.15, 0.2) is 54.6 Å². The first kappa shape index (κ1) is 16.9. The number of para-hydroxylation sites is 2. The van der Waals surface area contributed by atoms with Gasteiger partial charge in [0.25, 0.3) is 5.91 Å². The molecule has 0 unspecified atom stereocenters. The van der Waals surface area contributed by atoms with Crippen molar-refractivity contribution in [2.45, 2.75) is 13.8 Å². The summed E-state index contributed by atoms with van der Waals surface area (Å²) >= 11 is 6.14. The zero-order chi connectivity index (χ0) is 17.8. The van der Waals surface area contributed by atoms with Gasteiger partial charge in [-0.1, -0.05) is 41.9 Å². The number of aryl methyl sites for hydroxylation is 2. The van der Waals surface area contributed by atoms with Gasteiger partial charge in [-0.3, -0.25) is 4.79 Å². The molecular weight excluding hydrogens is 336 g/mol. The standard InChI is InChI=1S/C19H17ClN4O/c1-12-7-3-5-9-15(12)22-18(25)17-11-13(2)21-19(24-17)23-16-10-6-4-8-14(16)20/h3-11H,1-2H3,(H,22,25)(H,21,23,24). The minimum absolute atomic E-state index is 0.283. The highest BCUT2D eigenvalue weighted by atomic mass is 35.5. The molecule has 2 aromatic carbocycles. The highest BCUT2D eigenvalue weighted by Crippen LogP contribution is 2.23. The number of nitrogens with one attached hydrogen (secondary N) is 2. The van der Waals surface area contributed by atoms with Gasteiger partial charge in [0, 0.05) is 11.4 Å². The highest BCUT2D eigenvalue weighted by molar-refractivity contribution is 6.33. The number of amides is 1. The van der Waals surface area contributed by atoms with Gasteiger partial charge in [-0.15, -0.1) is 0 Å². The molecule has 0 atom stereocenters. The topological polar surface area (TPSA) is 66.9 Å². The molecule has 3 aromatic rings. The number of hydrogen-bond donors (Lipinski definition) is 2. The molecular formula is C19H17ClN4O. The number of anilines is 3. The van der Waals surface area contributed by atoms with Gasteiger partial charge < -0.3 is 10.6 Å². The van der Waals surface area contributed by atoms with E-state index in [0.29, 0.717) is 22.4 Å². The second-order valence-corrected chi connectivity index (χ2v) is 6.00. The molecule has 25 heavy (non-hydrogen) atoms. The van der Waals surface area contributed by atoms with Gasteiger partial charge in [0.1, 0.15) is 5.69 Å². The van der Waals surface area contributed by atoms with E-state index in [4.69, 9.17) is 11.6 Å². The maximum Gasteiger partial charge on any atom is 0.274 e. The van der Waals surface area contributed by atoms with Crippen LogP contribution in [0.1, 0.15) is 21.7 Å². The summed E-state index contributed by atoms with van der Waals surface area (Å²) in [5.41, 5.74) is 3.38. The van der Waals surface area contributed by atoms with E-state index in [2.05, 4.69) is 20.6 Å². The van der Waals surface area contributed by atoms with E-state index in [1.165, 1.54) is 0 Å². The van der Waals surface area contributed by atoms with Gasteiger partial charge in [0.15, 0.2) is 0 Å². The number of benzene rings is 2. The van der Waals surface area contributed by atoms with Crippen LogP contribution in [0.25, 0.3) is 0 Å². The molecule has 0 aliphatic rings. The monoisotopic (exact) mass is 352 g/mol. The van der Waals surface area contributed by atoms with Crippen LogP contribution in [-0.4, -0.2) is 15.9 Å². The third kappa shape index (κ3) is 4.14. The molecule has 0 fully saturated rings. The smallest absolute Gasteiger partial charge is 0.274 e. The van der Waals surface area contributed by atoms with Crippen molar-refractivity contribution in [3.05, 3.63) is 76.6 Å². The largest absolute Gasteiger partial charge is 0.323 e. The fraction of sp³-hybridized carbons (Fsp3) is 0.105. The third-order valence-corrected chi connectivity index (χ3v) is 3.93. The lowest BCUT2D eigenvalue weighted by Gasteiger charge is -2.11. The van der Waals surface area contributed by atoms with Crippen molar-refractivity contribution in [3.63, 3.8) is 0 Å². The van der Waals surface area contributed by atoms with E-state index in [1.54, 1.807) is 12.1 Å². The molecule has 0 aliphatic heterocycles. The fourth-order valence-corrected chi connectivity index (χ4v) is 2.51. The first-order chi connectivity index (χ1) is 12.0. The molecule has 6 heteroatoms. The Morgan fingerprint density at radius 1 is 0.960 bits per heavy atom. The molecule has 0 saturated heterocycles. The van der Waals surface area contributed by atoms with Gasteiger partial charge in [0.2, 0.25) is 5.95 Å². The van der Waals surface area contributed by atoms with Crippen LogP contribution in [0.5, 0.6) is 0 Å². The average molecular weight is 353 g/mol. The third-order valence-electron chi connectivity index (χ3n) is 3.60. The van der Waals surface area contributed by atoms with Gasteiger partial charge in [0.05, 0.1) is 10.7 Å². The van der Waals surface area contributed by atoms with Crippen molar-refractivity contribution in [2.75, 3.05) is 10.6 Å².